The molecule has 0 saturated heterocycles. The van der Waals surface area contributed by atoms with Gasteiger partial charge in [-0.1, -0.05) is 38.7 Å². The molecule has 102 valence electrons. The molecule has 0 fully saturated rings. The summed E-state index contributed by atoms with van der Waals surface area (Å²) in [6, 6.07) is 5.06. The molecule has 0 aliphatic carbocycles. The predicted octanol–water partition coefficient (Wildman–Crippen LogP) is 4.24. The molecular formula is C16H26FN. The van der Waals surface area contributed by atoms with Crippen LogP contribution < -0.4 is 5.32 Å². The van der Waals surface area contributed by atoms with Gasteiger partial charge in [0.05, 0.1) is 0 Å². The van der Waals surface area contributed by atoms with Gasteiger partial charge < -0.3 is 5.32 Å². The number of hydrogen-bond donors (Lipinski definition) is 1. The molecule has 0 heterocycles. The van der Waals surface area contributed by atoms with Crippen molar-refractivity contribution in [1.29, 1.82) is 0 Å². The van der Waals surface area contributed by atoms with Crippen LogP contribution in [-0.4, -0.2) is 13.1 Å². The summed E-state index contributed by atoms with van der Waals surface area (Å²) < 4.78 is 12.9. The lowest BCUT2D eigenvalue weighted by atomic mass is 10.1. The Balaban J connectivity index is 2.07. The molecule has 0 aliphatic rings. The molecular weight excluding hydrogens is 225 g/mol. The van der Waals surface area contributed by atoms with Crippen LogP contribution in [0.1, 0.15) is 50.2 Å². The van der Waals surface area contributed by atoms with Crippen LogP contribution in [-0.2, 0) is 6.42 Å². The van der Waals surface area contributed by atoms with E-state index in [1.807, 2.05) is 13.0 Å². The van der Waals surface area contributed by atoms with Crippen LogP contribution in [0.2, 0.25) is 0 Å². The van der Waals surface area contributed by atoms with E-state index in [2.05, 4.69) is 12.2 Å². The summed E-state index contributed by atoms with van der Waals surface area (Å²) in [5, 5.41) is 3.46. The minimum Gasteiger partial charge on any atom is -0.316 e. The van der Waals surface area contributed by atoms with Crippen molar-refractivity contribution in [3.05, 3.63) is 35.1 Å². The summed E-state index contributed by atoms with van der Waals surface area (Å²) in [5.41, 5.74) is 2.30. The van der Waals surface area contributed by atoms with Crippen molar-refractivity contribution in [3.8, 4) is 0 Å². The van der Waals surface area contributed by atoms with E-state index in [1.165, 1.54) is 37.7 Å². The fourth-order valence-electron chi connectivity index (χ4n) is 2.14. The summed E-state index contributed by atoms with van der Waals surface area (Å²) >= 11 is 0. The van der Waals surface area contributed by atoms with Gasteiger partial charge in [-0.25, -0.2) is 4.39 Å². The van der Waals surface area contributed by atoms with E-state index in [0.29, 0.717) is 0 Å². The maximum absolute atomic E-state index is 12.9. The number of hydrogen-bond acceptors (Lipinski definition) is 1. The van der Waals surface area contributed by atoms with Gasteiger partial charge in [-0.05, 0) is 56.1 Å². The second-order valence-corrected chi connectivity index (χ2v) is 4.99. The van der Waals surface area contributed by atoms with Crippen molar-refractivity contribution in [3.63, 3.8) is 0 Å². The summed E-state index contributed by atoms with van der Waals surface area (Å²) in [4.78, 5) is 0. The Morgan fingerprint density at radius 2 is 1.83 bits per heavy atom. The van der Waals surface area contributed by atoms with Crippen molar-refractivity contribution in [2.75, 3.05) is 13.1 Å². The zero-order valence-corrected chi connectivity index (χ0v) is 11.8. The third-order valence-corrected chi connectivity index (χ3v) is 3.33. The molecule has 0 radical (unpaired) electrons. The Hall–Kier alpha value is -0.890. The third kappa shape index (κ3) is 6.15. The second-order valence-electron chi connectivity index (χ2n) is 4.99. The highest BCUT2D eigenvalue weighted by molar-refractivity contribution is 5.26. The molecule has 1 N–H and O–H groups in total. The monoisotopic (exact) mass is 251 g/mol. The third-order valence-electron chi connectivity index (χ3n) is 3.33. The van der Waals surface area contributed by atoms with E-state index in [0.717, 1.165) is 25.1 Å². The highest BCUT2D eigenvalue weighted by Crippen LogP contribution is 2.10. The van der Waals surface area contributed by atoms with E-state index >= 15 is 0 Å². The van der Waals surface area contributed by atoms with Gasteiger partial charge in [-0.3, -0.25) is 0 Å². The molecule has 18 heavy (non-hydrogen) atoms. The van der Waals surface area contributed by atoms with Crippen molar-refractivity contribution < 1.29 is 4.39 Å². The van der Waals surface area contributed by atoms with E-state index in [1.54, 1.807) is 12.1 Å². The van der Waals surface area contributed by atoms with Crippen LogP contribution in [0.5, 0.6) is 0 Å². The number of aryl methyl sites for hydroxylation is 1. The van der Waals surface area contributed by atoms with Crippen molar-refractivity contribution in [1.82, 2.24) is 5.32 Å². The van der Waals surface area contributed by atoms with Crippen LogP contribution in [0.15, 0.2) is 18.2 Å². The minimum absolute atomic E-state index is 0.139. The number of unbranched alkanes of at least 4 members (excludes halogenated alkanes) is 4. The fraction of sp³-hybridized carbons (Fsp3) is 0.625. The second kappa shape index (κ2) is 9.09. The fourth-order valence-corrected chi connectivity index (χ4v) is 2.14. The van der Waals surface area contributed by atoms with E-state index < -0.39 is 0 Å². The Bertz CT molecular complexity index is 336. The average molecular weight is 251 g/mol. The number of nitrogens with one attached hydrogen (secondary N) is 1. The number of rotatable bonds is 9. The molecule has 1 aromatic rings. The first-order valence-electron chi connectivity index (χ1n) is 7.19. The van der Waals surface area contributed by atoms with Crippen LogP contribution in [0.25, 0.3) is 0 Å². The van der Waals surface area contributed by atoms with E-state index in [4.69, 9.17) is 0 Å². The average Bonchev–Trinajstić information content (AvgIpc) is 2.35. The van der Waals surface area contributed by atoms with E-state index in [9.17, 15) is 4.39 Å². The maximum atomic E-state index is 12.9. The standard InChI is InChI=1S/C16H26FN/c1-3-4-5-6-7-11-18-12-10-15-8-9-16(17)13-14(15)2/h8-9,13,18H,3-7,10-12H2,1-2H3. The molecule has 1 nitrogen and oxygen atoms in total. The van der Waals surface area contributed by atoms with Crippen molar-refractivity contribution in [2.45, 2.75) is 52.4 Å². The zero-order chi connectivity index (χ0) is 13.2. The quantitative estimate of drug-likeness (QED) is 0.647. The van der Waals surface area contributed by atoms with Gasteiger partial charge in [0.25, 0.3) is 0 Å². The normalized spacial score (nSPS) is 10.8. The van der Waals surface area contributed by atoms with Crippen LogP contribution in [0.4, 0.5) is 4.39 Å². The van der Waals surface area contributed by atoms with E-state index in [-0.39, 0.29) is 5.82 Å². The van der Waals surface area contributed by atoms with Crippen molar-refractivity contribution in [2.24, 2.45) is 0 Å². The topological polar surface area (TPSA) is 12.0 Å². The lowest BCUT2D eigenvalue weighted by Crippen LogP contribution is -2.18. The SMILES string of the molecule is CCCCCCCNCCc1ccc(F)cc1C. The smallest absolute Gasteiger partial charge is 0.123 e. The molecule has 1 aromatic carbocycles. The Morgan fingerprint density at radius 1 is 1.06 bits per heavy atom. The van der Waals surface area contributed by atoms with Gasteiger partial charge in [-0.2, -0.15) is 0 Å². The highest BCUT2D eigenvalue weighted by atomic mass is 19.1. The summed E-state index contributed by atoms with van der Waals surface area (Å²) in [6.07, 6.45) is 7.60. The Labute approximate surface area is 111 Å². The largest absolute Gasteiger partial charge is 0.316 e. The molecule has 0 spiro atoms. The first-order valence-corrected chi connectivity index (χ1v) is 7.19. The molecule has 0 unspecified atom stereocenters. The summed E-state index contributed by atoms with van der Waals surface area (Å²) in [7, 11) is 0. The van der Waals surface area contributed by atoms with Crippen LogP contribution >= 0.6 is 0 Å². The van der Waals surface area contributed by atoms with Crippen molar-refractivity contribution >= 4 is 0 Å². The maximum Gasteiger partial charge on any atom is 0.123 e. The zero-order valence-electron chi connectivity index (χ0n) is 11.8. The molecule has 0 amide bonds. The van der Waals surface area contributed by atoms with Gasteiger partial charge in [-0.15, -0.1) is 0 Å². The highest BCUT2D eigenvalue weighted by Gasteiger charge is 1.99. The Morgan fingerprint density at radius 3 is 2.56 bits per heavy atom. The van der Waals surface area contributed by atoms with Gasteiger partial charge in [0, 0.05) is 0 Å². The molecule has 0 atom stereocenters. The predicted molar refractivity (Wildman–Crippen MR) is 76.5 cm³/mol. The van der Waals surface area contributed by atoms with Gasteiger partial charge in [0.2, 0.25) is 0 Å². The first-order chi connectivity index (χ1) is 8.74. The molecule has 0 saturated carbocycles. The number of benzene rings is 1. The summed E-state index contributed by atoms with van der Waals surface area (Å²) in [6.45, 7) is 6.30. The molecule has 2 heteroatoms. The molecule has 0 aliphatic heterocycles. The first kappa shape index (κ1) is 15.2. The lowest BCUT2D eigenvalue weighted by Gasteiger charge is -2.07. The van der Waals surface area contributed by atoms with Gasteiger partial charge in [0.15, 0.2) is 0 Å². The van der Waals surface area contributed by atoms with Gasteiger partial charge in [0.1, 0.15) is 5.82 Å². The van der Waals surface area contributed by atoms with Crippen LogP contribution in [0, 0.1) is 12.7 Å². The molecule has 0 aromatic heterocycles. The minimum atomic E-state index is -0.139. The molecule has 1 rings (SSSR count). The summed E-state index contributed by atoms with van der Waals surface area (Å²) in [5.74, 6) is -0.139. The lowest BCUT2D eigenvalue weighted by molar-refractivity contribution is 0.583. The van der Waals surface area contributed by atoms with Crippen LogP contribution in [0.3, 0.4) is 0 Å². The Kier molecular flexibility index (Phi) is 7.66. The molecule has 0 bridgehead atoms. The van der Waals surface area contributed by atoms with Gasteiger partial charge >= 0.3 is 0 Å². The number of halogens is 1.